The number of methoxy groups -OCH3 is 1. The van der Waals surface area contributed by atoms with Gasteiger partial charge in [-0.15, -0.1) is 5.10 Å². The number of hydrogen-bond donors (Lipinski definition) is 3. The zero-order chi connectivity index (χ0) is 21.7. The predicted octanol–water partition coefficient (Wildman–Crippen LogP) is 3.31. The minimum absolute atomic E-state index is 0.0140. The van der Waals surface area contributed by atoms with Crippen molar-refractivity contribution in [2.24, 2.45) is 10.2 Å². The summed E-state index contributed by atoms with van der Waals surface area (Å²) in [5.41, 5.74) is 2.14. The van der Waals surface area contributed by atoms with Gasteiger partial charge in [-0.25, -0.2) is 0 Å². The topological polar surface area (TPSA) is 112 Å². The third-order valence-electron chi connectivity index (χ3n) is 4.16. The number of carbonyl (C=O) groups excluding carboxylic acids is 2. The van der Waals surface area contributed by atoms with Crippen LogP contribution in [0.15, 0.2) is 46.6 Å². The molecule has 0 spiro atoms. The Bertz CT molecular complexity index is 1040. The number of halogens is 1. The predicted molar refractivity (Wildman–Crippen MR) is 119 cm³/mol. The summed E-state index contributed by atoms with van der Waals surface area (Å²) in [6, 6.07) is 9.95. The molecule has 2 amide bonds. The first-order valence-corrected chi connectivity index (χ1v) is 10.1. The molecule has 0 saturated carbocycles. The van der Waals surface area contributed by atoms with Crippen LogP contribution in [-0.4, -0.2) is 40.7 Å². The van der Waals surface area contributed by atoms with Crippen molar-refractivity contribution in [3.05, 3.63) is 52.5 Å². The van der Waals surface area contributed by atoms with Gasteiger partial charge in [-0.3, -0.25) is 9.59 Å². The van der Waals surface area contributed by atoms with Crippen molar-refractivity contribution in [3.8, 4) is 11.5 Å². The number of phenols is 1. The number of aryl methyl sites for hydroxylation is 1. The number of rotatable bonds is 6. The molecular weight excluding hydrogens is 428 g/mol. The molecule has 0 aliphatic carbocycles. The number of amides is 2. The first kappa shape index (κ1) is 21.7. The van der Waals surface area contributed by atoms with Crippen LogP contribution in [0.1, 0.15) is 17.5 Å². The Balaban J connectivity index is 1.57. The van der Waals surface area contributed by atoms with Crippen LogP contribution in [0.3, 0.4) is 0 Å². The molecule has 30 heavy (non-hydrogen) atoms. The standard InChI is InChI=1S/C20H19ClN4O4S/c1-11-3-5-13(8-14(11)21)23-18(27)9-17-19(28)24-20(30-17)25-22-10-12-4-6-15(26)16(7-12)29-2/h3-8,10,17,26H,9H2,1-2H3,(H,23,27)(H,24,25,28)/b22-10-/t17-/m1/s1. The lowest BCUT2D eigenvalue weighted by molar-refractivity contribution is -0.122. The fourth-order valence-electron chi connectivity index (χ4n) is 2.56. The molecule has 1 atom stereocenters. The van der Waals surface area contributed by atoms with E-state index in [9.17, 15) is 14.7 Å². The summed E-state index contributed by atoms with van der Waals surface area (Å²) in [4.78, 5) is 24.4. The molecule has 1 aliphatic rings. The fraction of sp³-hybridized carbons (Fsp3) is 0.200. The van der Waals surface area contributed by atoms with E-state index in [2.05, 4.69) is 20.8 Å². The second-order valence-corrected chi connectivity index (χ2v) is 7.99. The molecule has 0 bridgehead atoms. The van der Waals surface area contributed by atoms with Crippen LogP contribution in [0, 0.1) is 6.92 Å². The van der Waals surface area contributed by atoms with E-state index in [0.29, 0.717) is 27.2 Å². The highest BCUT2D eigenvalue weighted by Crippen LogP contribution is 2.26. The average molecular weight is 447 g/mol. The zero-order valence-corrected chi connectivity index (χ0v) is 17.8. The van der Waals surface area contributed by atoms with Gasteiger partial charge < -0.3 is 20.5 Å². The molecule has 1 heterocycles. The summed E-state index contributed by atoms with van der Waals surface area (Å²) in [7, 11) is 1.45. The maximum Gasteiger partial charge on any atom is 0.240 e. The van der Waals surface area contributed by atoms with Crippen LogP contribution in [0.5, 0.6) is 11.5 Å². The number of phenolic OH excluding ortho intramolecular Hbond substituents is 1. The molecular formula is C20H19ClN4O4S. The smallest absolute Gasteiger partial charge is 0.240 e. The third-order valence-corrected chi connectivity index (χ3v) is 5.64. The Morgan fingerprint density at radius 2 is 2.17 bits per heavy atom. The third kappa shape index (κ3) is 5.52. The lowest BCUT2D eigenvalue weighted by Gasteiger charge is -2.08. The summed E-state index contributed by atoms with van der Waals surface area (Å²) < 4.78 is 5.03. The largest absolute Gasteiger partial charge is 0.504 e. The highest BCUT2D eigenvalue weighted by Gasteiger charge is 2.32. The number of carbonyl (C=O) groups is 2. The van der Waals surface area contributed by atoms with E-state index >= 15 is 0 Å². The Labute approximate surface area is 182 Å². The van der Waals surface area contributed by atoms with Crippen LogP contribution in [0.4, 0.5) is 5.69 Å². The van der Waals surface area contributed by atoms with Gasteiger partial charge in [0.2, 0.25) is 11.8 Å². The SMILES string of the molecule is COc1cc(/C=N\N=C2/NC(=O)[C@@H](CC(=O)Nc3ccc(C)c(Cl)c3)S2)ccc1O. The Morgan fingerprint density at radius 1 is 1.37 bits per heavy atom. The maximum absolute atomic E-state index is 12.3. The summed E-state index contributed by atoms with van der Waals surface area (Å²) in [6.45, 7) is 1.87. The number of nitrogens with zero attached hydrogens (tertiary/aromatic N) is 2. The number of hydrogen-bond acceptors (Lipinski definition) is 7. The van der Waals surface area contributed by atoms with Gasteiger partial charge in [-0.1, -0.05) is 29.4 Å². The number of benzene rings is 2. The van der Waals surface area contributed by atoms with Crippen molar-refractivity contribution in [1.29, 1.82) is 0 Å². The van der Waals surface area contributed by atoms with Crippen LogP contribution >= 0.6 is 23.4 Å². The molecule has 156 valence electrons. The van der Waals surface area contributed by atoms with E-state index in [1.807, 2.05) is 6.92 Å². The summed E-state index contributed by atoms with van der Waals surface area (Å²) in [5.74, 6) is -0.273. The minimum atomic E-state index is -0.603. The second-order valence-electron chi connectivity index (χ2n) is 6.39. The van der Waals surface area contributed by atoms with Crippen LogP contribution in [-0.2, 0) is 9.59 Å². The molecule has 8 nitrogen and oxygen atoms in total. The fourth-order valence-corrected chi connectivity index (χ4v) is 3.66. The van der Waals surface area contributed by atoms with Crippen molar-refractivity contribution in [2.75, 3.05) is 12.4 Å². The van der Waals surface area contributed by atoms with E-state index < -0.39 is 5.25 Å². The molecule has 0 radical (unpaired) electrons. The molecule has 3 rings (SSSR count). The van der Waals surface area contributed by atoms with E-state index in [1.165, 1.54) is 19.4 Å². The normalized spacial score (nSPS) is 17.4. The quantitative estimate of drug-likeness (QED) is 0.465. The van der Waals surface area contributed by atoms with Crippen LogP contribution in [0.2, 0.25) is 5.02 Å². The molecule has 0 unspecified atom stereocenters. The lowest BCUT2D eigenvalue weighted by Crippen LogP contribution is -2.28. The monoisotopic (exact) mass is 446 g/mol. The van der Waals surface area contributed by atoms with Gasteiger partial charge in [0.05, 0.1) is 13.3 Å². The lowest BCUT2D eigenvalue weighted by atomic mass is 10.2. The first-order valence-electron chi connectivity index (χ1n) is 8.87. The Morgan fingerprint density at radius 3 is 2.90 bits per heavy atom. The molecule has 1 saturated heterocycles. The Hall–Kier alpha value is -3.04. The van der Waals surface area contributed by atoms with Gasteiger partial charge in [-0.2, -0.15) is 5.10 Å². The Kier molecular flexibility index (Phi) is 6.96. The maximum atomic E-state index is 12.3. The highest BCUT2D eigenvalue weighted by atomic mass is 35.5. The number of ether oxygens (including phenoxy) is 1. The van der Waals surface area contributed by atoms with Crippen molar-refractivity contribution in [2.45, 2.75) is 18.6 Å². The van der Waals surface area contributed by atoms with Crippen molar-refractivity contribution in [3.63, 3.8) is 0 Å². The molecule has 1 fully saturated rings. The number of nitrogens with one attached hydrogen (secondary N) is 2. The molecule has 2 aromatic rings. The molecule has 2 aromatic carbocycles. The van der Waals surface area contributed by atoms with Gasteiger partial charge in [0, 0.05) is 17.1 Å². The summed E-state index contributed by atoms with van der Waals surface area (Å²) in [6.07, 6.45) is 1.45. The molecule has 0 aromatic heterocycles. The van der Waals surface area contributed by atoms with Gasteiger partial charge in [0.1, 0.15) is 5.25 Å². The van der Waals surface area contributed by atoms with E-state index in [-0.39, 0.29) is 24.0 Å². The van der Waals surface area contributed by atoms with E-state index in [0.717, 1.165) is 17.3 Å². The van der Waals surface area contributed by atoms with Crippen molar-refractivity contribution >= 4 is 52.2 Å². The summed E-state index contributed by atoms with van der Waals surface area (Å²) in [5, 5.41) is 23.1. The number of amidine groups is 1. The molecule has 1 aliphatic heterocycles. The highest BCUT2D eigenvalue weighted by molar-refractivity contribution is 8.15. The van der Waals surface area contributed by atoms with Gasteiger partial charge in [-0.05, 0) is 48.4 Å². The average Bonchev–Trinajstić information content (AvgIpc) is 3.05. The first-order chi connectivity index (χ1) is 14.4. The van der Waals surface area contributed by atoms with Crippen LogP contribution < -0.4 is 15.4 Å². The van der Waals surface area contributed by atoms with Crippen LogP contribution in [0.25, 0.3) is 0 Å². The minimum Gasteiger partial charge on any atom is -0.504 e. The molecule has 10 heteroatoms. The van der Waals surface area contributed by atoms with Crippen molar-refractivity contribution in [1.82, 2.24) is 5.32 Å². The van der Waals surface area contributed by atoms with Gasteiger partial charge in [0.25, 0.3) is 0 Å². The zero-order valence-electron chi connectivity index (χ0n) is 16.2. The second kappa shape index (κ2) is 9.64. The number of anilines is 1. The van der Waals surface area contributed by atoms with E-state index in [1.54, 1.807) is 30.3 Å². The number of thioether (sulfide) groups is 1. The van der Waals surface area contributed by atoms with Gasteiger partial charge >= 0.3 is 0 Å². The van der Waals surface area contributed by atoms with Crippen molar-refractivity contribution < 1.29 is 19.4 Å². The summed E-state index contributed by atoms with van der Waals surface area (Å²) >= 11 is 7.19. The van der Waals surface area contributed by atoms with Gasteiger partial charge in [0.15, 0.2) is 16.7 Å². The van der Waals surface area contributed by atoms with E-state index in [4.69, 9.17) is 16.3 Å². The number of aromatic hydroxyl groups is 1. The molecule has 3 N–H and O–H groups in total.